The van der Waals surface area contributed by atoms with Crippen LogP contribution in [0.5, 0.6) is 5.75 Å². The average Bonchev–Trinajstić information content (AvgIpc) is 3.14. The number of phenols is 1. The molecule has 54 heavy (non-hydrogen) atoms. The standard InChI is InChI=1S/C41H51N5O6.2ClH/c42-29-12-16-31(17-13-29)46(41(51)52)35-23-26(11-18-32(35)28-6-2-1-3-7-28)5-4-8-38(49)44-30-14-9-27(10-15-30)24-43-25-37(48)33-19-21-36(47)40-34(33)20-22-39(50)45-40;;/h1-3,6-7,11,18-23,27,29-31,37,43,47-48H,4-5,8-10,12-17,24-25,42H2,(H,44,49)(H,45,50)(H,51,52);2*1H/t27?,29?,30?,31?,37-;;/m1../s1. The fourth-order valence-corrected chi connectivity index (χ4v) is 7.96. The lowest BCUT2D eigenvalue weighted by molar-refractivity contribution is -0.122. The van der Waals surface area contributed by atoms with Crippen molar-refractivity contribution in [1.29, 1.82) is 0 Å². The molecule has 4 aromatic rings. The van der Waals surface area contributed by atoms with Crippen LogP contribution in [-0.4, -0.2) is 63.5 Å². The van der Waals surface area contributed by atoms with Crippen molar-refractivity contribution in [2.75, 3.05) is 18.0 Å². The van der Waals surface area contributed by atoms with Crippen LogP contribution >= 0.6 is 24.8 Å². The number of aryl methyl sites for hydroxylation is 1. The van der Waals surface area contributed by atoms with Crippen LogP contribution in [0.2, 0.25) is 0 Å². The van der Waals surface area contributed by atoms with E-state index in [1.807, 2.05) is 48.5 Å². The zero-order valence-corrected chi connectivity index (χ0v) is 32.0. The van der Waals surface area contributed by atoms with Gasteiger partial charge in [0.15, 0.2) is 0 Å². The van der Waals surface area contributed by atoms with Crippen LogP contribution in [0.1, 0.15) is 81.4 Å². The first-order valence-corrected chi connectivity index (χ1v) is 18.7. The van der Waals surface area contributed by atoms with Gasteiger partial charge in [-0.1, -0.05) is 48.5 Å². The van der Waals surface area contributed by atoms with Gasteiger partial charge in [0.2, 0.25) is 11.5 Å². The van der Waals surface area contributed by atoms with Crippen molar-refractivity contribution >= 4 is 53.4 Å². The molecule has 0 bridgehead atoms. The number of fused-ring (bicyclic) bond motifs is 1. The van der Waals surface area contributed by atoms with Crippen LogP contribution in [0.3, 0.4) is 0 Å². The number of aromatic nitrogens is 1. The molecule has 2 aliphatic carbocycles. The molecule has 0 unspecified atom stereocenters. The highest BCUT2D eigenvalue weighted by Crippen LogP contribution is 2.37. The molecule has 6 rings (SSSR count). The second-order valence-corrected chi connectivity index (χ2v) is 14.5. The van der Waals surface area contributed by atoms with E-state index in [0.717, 1.165) is 74.6 Å². The van der Waals surface area contributed by atoms with Crippen molar-refractivity contribution in [2.24, 2.45) is 11.7 Å². The number of hydrogen-bond acceptors (Lipinski definition) is 7. The lowest BCUT2D eigenvalue weighted by Crippen LogP contribution is -2.44. The van der Waals surface area contributed by atoms with Crippen LogP contribution in [0.25, 0.3) is 22.0 Å². The fraction of sp³-hybridized carbons (Fsp3) is 0.439. The summed E-state index contributed by atoms with van der Waals surface area (Å²) in [4.78, 5) is 41.5. The van der Waals surface area contributed by atoms with E-state index in [1.165, 1.54) is 12.1 Å². The molecule has 0 spiro atoms. The largest absolute Gasteiger partial charge is 0.506 e. The third-order valence-corrected chi connectivity index (χ3v) is 10.8. The number of amides is 2. The molecule has 2 amide bonds. The maximum atomic E-state index is 13.0. The summed E-state index contributed by atoms with van der Waals surface area (Å²) in [6, 6.07) is 22.2. The quantitative estimate of drug-likeness (QED) is 0.0772. The molecule has 2 aliphatic rings. The van der Waals surface area contributed by atoms with Crippen LogP contribution in [0.15, 0.2) is 77.6 Å². The average molecular weight is 783 g/mol. The van der Waals surface area contributed by atoms with Gasteiger partial charge in [-0.25, -0.2) is 4.79 Å². The number of hydrogen-bond donors (Lipinski definition) is 7. The first-order valence-electron chi connectivity index (χ1n) is 18.7. The minimum atomic E-state index is -0.959. The predicted octanol–water partition coefficient (Wildman–Crippen LogP) is 6.82. The third-order valence-electron chi connectivity index (χ3n) is 10.8. The number of aromatic amines is 1. The van der Waals surface area contributed by atoms with Crippen LogP contribution in [0, 0.1) is 5.92 Å². The number of benzene rings is 3. The predicted molar refractivity (Wildman–Crippen MR) is 218 cm³/mol. The van der Waals surface area contributed by atoms with Gasteiger partial charge in [0.1, 0.15) is 5.75 Å². The molecule has 3 aromatic carbocycles. The van der Waals surface area contributed by atoms with Gasteiger partial charge in [-0.05, 0) is 112 Å². The molecule has 0 aliphatic heterocycles. The monoisotopic (exact) mass is 781 g/mol. The molecule has 0 radical (unpaired) electrons. The zero-order valence-electron chi connectivity index (χ0n) is 30.4. The molecule has 11 nitrogen and oxygen atoms in total. The Hall–Kier alpha value is -4.13. The van der Waals surface area contributed by atoms with Gasteiger partial charge in [-0.15, -0.1) is 24.8 Å². The van der Waals surface area contributed by atoms with E-state index >= 15 is 0 Å². The van der Waals surface area contributed by atoms with E-state index in [0.29, 0.717) is 53.9 Å². The molecule has 292 valence electrons. The van der Waals surface area contributed by atoms with Gasteiger partial charge < -0.3 is 36.7 Å². The van der Waals surface area contributed by atoms with Gasteiger partial charge in [-0.3, -0.25) is 14.5 Å². The van der Waals surface area contributed by atoms with Gasteiger partial charge in [0.05, 0.1) is 17.3 Å². The van der Waals surface area contributed by atoms with Gasteiger partial charge in [-0.2, -0.15) is 0 Å². The van der Waals surface area contributed by atoms with Crippen molar-refractivity contribution in [2.45, 2.75) is 94.9 Å². The SMILES string of the molecule is Cl.Cl.NC1CCC(N(C(=O)O)c2cc(CCCC(=O)NC3CCC(CNC[C@@H](O)c4ccc(O)c5[nH]c(=O)ccc45)CC3)ccc2-c2ccccc2)CC1. The molecule has 2 saturated carbocycles. The van der Waals surface area contributed by atoms with Crippen LogP contribution < -0.4 is 26.8 Å². The Morgan fingerprint density at radius 2 is 1.63 bits per heavy atom. The summed E-state index contributed by atoms with van der Waals surface area (Å²) in [6.07, 6.45) is 6.79. The molecular weight excluding hydrogens is 729 g/mol. The summed E-state index contributed by atoms with van der Waals surface area (Å²) >= 11 is 0. The molecular formula is C41H53Cl2N5O6. The number of nitrogens with two attached hydrogens (primary N) is 1. The smallest absolute Gasteiger partial charge is 0.412 e. The number of anilines is 1. The van der Waals surface area contributed by atoms with Crippen LogP contribution in [-0.2, 0) is 11.2 Å². The maximum absolute atomic E-state index is 13.0. The second-order valence-electron chi connectivity index (χ2n) is 14.5. The Labute approximate surface area is 328 Å². The first-order chi connectivity index (χ1) is 25.2. The van der Waals surface area contributed by atoms with E-state index < -0.39 is 12.2 Å². The highest BCUT2D eigenvalue weighted by Gasteiger charge is 2.31. The molecule has 0 saturated heterocycles. The lowest BCUT2D eigenvalue weighted by atomic mass is 9.86. The minimum absolute atomic E-state index is 0. The molecule has 8 N–H and O–H groups in total. The van der Waals surface area contributed by atoms with E-state index in [-0.39, 0.29) is 60.2 Å². The zero-order chi connectivity index (χ0) is 36.6. The first kappa shape index (κ1) is 42.6. The van der Waals surface area contributed by atoms with Crippen molar-refractivity contribution in [3.8, 4) is 16.9 Å². The van der Waals surface area contributed by atoms with Gasteiger partial charge in [0.25, 0.3) is 0 Å². The number of carbonyl (C=O) groups excluding carboxylic acids is 1. The highest BCUT2D eigenvalue weighted by molar-refractivity contribution is 5.94. The highest BCUT2D eigenvalue weighted by atomic mass is 35.5. The number of phenolic OH excluding ortho intramolecular Hbond substituents is 1. The Bertz CT molecular complexity index is 1890. The number of aliphatic hydroxyl groups excluding tert-OH is 1. The number of halogens is 2. The van der Waals surface area contributed by atoms with Gasteiger partial charge in [0, 0.05) is 48.1 Å². The second kappa shape index (κ2) is 20.0. The summed E-state index contributed by atoms with van der Waals surface area (Å²) < 4.78 is 0. The minimum Gasteiger partial charge on any atom is -0.506 e. The normalized spacial score (nSPS) is 20.3. The van der Waals surface area contributed by atoms with E-state index in [1.54, 1.807) is 17.0 Å². The number of aliphatic hydroxyl groups is 1. The van der Waals surface area contributed by atoms with Crippen LogP contribution in [0.4, 0.5) is 10.5 Å². The summed E-state index contributed by atoms with van der Waals surface area (Å²) in [5.74, 6) is 0.449. The van der Waals surface area contributed by atoms with Crippen molar-refractivity contribution in [3.05, 3.63) is 94.3 Å². The molecule has 1 aromatic heterocycles. The Balaban J connectivity index is 0.00000325. The lowest BCUT2D eigenvalue weighted by Gasteiger charge is -2.35. The van der Waals surface area contributed by atoms with Crippen molar-refractivity contribution in [1.82, 2.24) is 15.6 Å². The van der Waals surface area contributed by atoms with Crippen molar-refractivity contribution < 1.29 is 24.9 Å². The summed E-state index contributed by atoms with van der Waals surface area (Å²) in [5, 5.41) is 38.6. The summed E-state index contributed by atoms with van der Waals surface area (Å²) in [6.45, 7) is 1.10. The number of nitrogens with one attached hydrogen (secondary N) is 3. The van der Waals surface area contributed by atoms with Gasteiger partial charge >= 0.3 is 6.09 Å². The number of carboxylic acid groups (broad SMARTS) is 1. The number of rotatable bonds is 13. The third kappa shape index (κ3) is 10.8. The Kier molecular flexibility index (Phi) is 15.8. The molecule has 1 heterocycles. The molecule has 2 fully saturated rings. The number of carbonyl (C=O) groups is 2. The topological polar surface area (TPSA) is 181 Å². The van der Waals surface area contributed by atoms with E-state index in [2.05, 4.69) is 15.6 Å². The Morgan fingerprint density at radius 1 is 0.907 bits per heavy atom. The van der Waals surface area contributed by atoms with E-state index in [4.69, 9.17) is 5.73 Å². The number of pyridine rings is 1. The number of nitrogens with zero attached hydrogens (tertiary/aromatic N) is 1. The van der Waals surface area contributed by atoms with E-state index in [9.17, 15) is 29.7 Å². The molecule has 1 atom stereocenters. The maximum Gasteiger partial charge on any atom is 0.412 e. The number of aromatic hydroxyl groups is 1. The summed E-state index contributed by atoms with van der Waals surface area (Å²) in [5.41, 5.74) is 10.3. The fourth-order valence-electron chi connectivity index (χ4n) is 7.96. The molecule has 13 heteroatoms. The number of H-pyrrole nitrogens is 1. The Morgan fingerprint density at radius 3 is 2.33 bits per heavy atom. The summed E-state index contributed by atoms with van der Waals surface area (Å²) in [7, 11) is 0. The van der Waals surface area contributed by atoms with Crippen molar-refractivity contribution in [3.63, 3.8) is 0 Å².